The van der Waals surface area contributed by atoms with Gasteiger partial charge in [-0.15, -0.1) is 0 Å². The molecule has 1 fully saturated rings. The zero-order valence-electron chi connectivity index (χ0n) is 13.7. The van der Waals surface area contributed by atoms with E-state index >= 15 is 0 Å². The van der Waals surface area contributed by atoms with E-state index in [1.54, 1.807) is 0 Å². The van der Waals surface area contributed by atoms with Crippen LogP contribution in [-0.4, -0.2) is 53.3 Å². The van der Waals surface area contributed by atoms with Gasteiger partial charge in [0, 0.05) is 31.1 Å². The number of aromatic nitrogens is 1. The largest absolute Gasteiger partial charge is 0.468 e. The zero-order chi connectivity index (χ0) is 18.4. The fourth-order valence-electron chi connectivity index (χ4n) is 2.91. The number of nitrogens with two attached hydrogens (primary N) is 1. The summed E-state index contributed by atoms with van der Waals surface area (Å²) >= 11 is 0. The van der Waals surface area contributed by atoms with Crippen molar-refractivity contribution in [1.82, 2.24) is 9.88 Å². The highest BCUT2D eigenvalue weighted by Gasteiger charge is 2.29. The maximum Gasteiger partial charge on any atom is 0.422 e. The topological polar surface area (TPSA) is 88.7 Å². The van der Waals surface area contributed by atoms with Crippen LogP contribution >= 0.6 is 0 Å². The Hall–Kier alpha value is -1.87. The van der Waals surface area contributed by atoms with E-state index in [0.29, 0.717) is 12.1 Å². The molecule has 140 valence electrons. The summed E-state index contributed by atoms with van der Waals surface area (Å²) in [6.45, 7) is 0.909. The molecule has 9 heteroatoms. The molecule has 3 N–H and O–H groups in total. The van der Waals surface area contributed by atoms with E-state index in [0.717, 1.165) is 25.9 Å². The molecule has 0 aromatic carbocycles. The normalized spacial score (nSPS) is 18.1. The number of rotatable bonds is 8. The number of aliphatic hydroxyl groups is 1. The second-order valence-electron chi connectivity index (χ2n) is 6.22. The maximum atomic E-state index is 12.1. The van der Waals surface area contributed by atoms with Crippen LogP contribution in [0.3, 0.4) is 0 Å². The highest BCUT2D eigenvalue weighted by atomic mass is 19.4. The number of hydrogen-bond acceptors (Lipinski definition) is 5. The first-order chi connectivity index (χ1) is 11.7. The molecule has 0 saturated carbocycles. The van der Waals surface area contributed by atoms with Crippen LogP contribution in [0.15, 0.2) is 18.3 Å². The summed E-state index contributed by atoms with van der Waals surface area (Å²) < 4.78 is 40.9. The highest BCUT2D eigenvalue weighted by Crippen LogP contribution is 2.27. The van der Waals surface area contributed by atoms with Gasteiger partial charge in [-0.05, 0) is 37.6 Å². The van der Waals surface area contributed by atoms with Crippen molar-refractivity contribution in [1.29, 1.82) is 0 Å². The van der Waals surface area contributed by atoms with Crippen molar-refractivity contribution in [3.63, 3.8) is 0 Å². The minimum atomic E-state index is -4.44. The van der Waals surface area contributed by atoms with Crippen molar-refractivity contribution < 1.29 is 27.8 Å². The summed E-state index contributed by atoms with van der Waals surface area (Å²) in [7, 11) is 0. The molecule has 0 bridgehead atoms. The molecule has 0 spiro atoms. The Morgan fingerprint density at radius 1 is 1.36 bits per heavy atom. The van der Waals surface area contributed by atoms with Gasteiger partial charge in [0.25, 0.3) is 0 Å². The van der Waals surface area contributed by atoms with E-state index in [-0.39, 0.29) is 12.3 Å². The van der Waals surface area contributed by atoms with Crippen molar-refractivity contribution in [2.45, 2.75) is 31.5 Å². The third-order valence-electron chi connectivity index (χ3n) is 4.09. The predicted octanol–water partition coefficient (Wildman–Crippen LogP) is 1.64. The SMILES string of the molecule is NC(=O)C[C@H](CN1CCCC1)[C@@H](O)c1ccc(OCC(F)(F)F)nc1. The lowest BCUT2D eigenvalue weighted by atomic mass is 9.93. The monoisotopic (exact) mass is 361 g/mol. The fourth-order valence-corrected chi connectivity index (χ4v) is 2.91. The zero-order valence-corrected chi connectivity index (χ0v) is 13.7. The van der Waals surface area contributed by atoms with Gasteiger partial charge in [0.15, 0.2) is 6.61 Å². The number of amides is 1. The molecule has 0 radical (unpaired) electrons. The average molecular weight is 361 g/mol. The van der Waals surface area contributed by atoms with E-state index in [2.05, 4.69) is 14.6 Å². The van der Waals surface area contributed by atoms with Crippen LogP contribution in [0.5, 0.6) is 5.88 Å². The quantitative estimate of drug-likeness (QED) is 0.735. The van der Waals surface area contributed by atoms with Gasteiger partial charge >= 0.3 is 6.18 Å². The van der Waals surface area contributed by atoms with Crippen LogP contribution in [0.4, 0.5) is 13.2 Å². The second kappa shape index (κ2) is 8.48. The summed E-state index contributed by atoms with van der Waals surface area (Å²) in [5.41, 5.74) is 5.68. The van der Waals surface area contributed by atoms with Crippen molar-refractivity contribution in [3.05, 3.63) is 23.9 Å². The summed E-state index contributed by atoms with van der Waals surface area (Å²) in [5, 5.41) is 10.5. The summed E-state index contributed by atoms with van der Waals surface area (Å²) in [4.78, 5) is 17.2. The van der Waals surface area contributed by atoms with Gasteiger partial charge in [0.1, 0.15) is 0 Å². The molecule has 25 heavy (non-hydrogen) atoms. The summed E-state index contributed by atoms with van der Waals surface area (Å²) in [6.07, 6.45) is -2.00. The van der Waals surface area contributed by atoms with Crippen LogP contribution in [-0.2, 0) is 4.79 Å². The third-order valence-corrected chi connectivity index (χ3v) is 4.09. The number of likely N-dealkylation sites (tertiary alicyclic amines) is 1. The van der Waals surface area contributed by atoms with E-state index in [1.807, 2.05) is 0 Å². The number of pyridine rings is 1. The number of primary amides is 1. The number of nitrogens with zero attached hydrogens (tertiary/aromatic N) is 2. The van der Waals surface area contributed by atoms with Gasteiger partial charge in [-0.25, -0.2) is 4.98 Å². The van der Waals surface area contributed by atoms with Gasteiger partial charge in [-0.1, -0.05) is 0 Å². The molecule has 2 heterocycles. The predicted molar refractivity (Wildman–Crippen MR) is 83.7 cm³/mol. The van der Waals surface area contributed by atoms with Gasteiger partial charge in [0.05, 0.1) is 6.10 Å². The number of carbonyl (C=O) groups excluding carboxylic acids is 1. The lowest BCUT2D eigenvalue weighted by Gasteiger charge is -2.27. The van der Waals surface area contributed by atoms with E-state index < -0.39 is 30.7 Å². The van der Waals surface area contributed by atoms with Crippen LogP contribution in [0.25, 0.3) is 0 Å². The minimum Gasteiger partial charge on any atom is -0.468 e. The first-order valence-electron chi connectivity index (χ1n) is 8.09. The van der Waals surface area contributed by atoms with Crippen molar-refractivity contribution in [2.24, 2.45) is 11.7 Å². The molecule has 2 rings (SSSR count). The number of carbonyl (C=O) groups is 1. The molecule has 2 atom stereocenters. The van der Waals surface area contributed by atoms with Gasteiger partial charge < -0.3 is 20.5 Å². The lowest BCUT2D eigenvalue weighted by Crippen LogP contribution is -2.33. The summed E-state index contributed by atoms with van der Waals surface area (Å²) in [5.74, 6) is -1.10. The second-order valence-corrected chi connectivity index (χ2v) is 6.22. The van der Waals surface area contributed by atoms with E-state index in [1.165, 1.54) is 18.3 Å². The number of ether oxygens (including phenoxy) is 1. The number of hydrogen-bond donors (Lipinski definition) is 2. The van der Waals surface area contributed by atoms with Gasteiger partial charge in [-0.2, -0.15) is 13.2 Å². The first kappa shape index (κ1) is 19.5. The highest BCUT2D eigenvalue weighted by molar-refractivity contribution is 5.74. The maximum absolute atomic E-state index is 12.1. The Labute approximate surface area is 143 Å². The van der Waals surface area contributed by atoms with Crippen LogP contribution < -0.4 is 10.5 Å². The first-order valence-corrected chi connectivity index (χ1v) is 8.09. The molecule has 1 aliphatic heterocycles. The summed E-state index contributed by atoms with van der Waals surface area (Å²) in [6, 6.07) is 2.71. The Morgan fingerprint density at radius 2 is 2.04 bits per heavy atom. The fraction of sp³-hybridized carbons (Fsp3) is 0.625. The average Bonchev–Trinajstić information content (AvgIpc) is 3.04. The third kappa shape index (κ3) is 6.50. The van der Waals surface area contributed by atoms with Crippen LogP contribution in [0, 0.1) is 5.92 Å². The smallest absolute Gasteiger partial charge is 0.422 e. The van der Waals surface area contributed by atoms with E-state index in [4.69, 9.17) is 5.73 Å². The van der Waals surface area contributed by atoms with E-state index in [9.17, 15) is 23.1 Å². The standard InChI is InChI=1S/C16H22F3N3O3/c17-16(18,19)10-25-14-4-3-11(8-21-14)15(24)12(7-13(20)23)9-22-5-1-2-6-22/h3-4,8,12,15,24H,1-2,5-7,9-10H2,(H2,20,23)/t12-,15+/m1/s1. The van der Waals surface area contributed by atoms with Crippen molar-refractivity contribution in [3.8, 4) is 5.88 Å². The Kier molecular flexibility index (Phi) is 6.60. The molecule has 0 unspecified atom stereocenters. The molecular weight excluding hydrogens is 339 g/mol. The minimum absolute atomic E-state index is 0.0178. The molecule has 6 nitrogen and oxygen atoms in total. The van der Waals surface area contributed by atoms with Crippen LogP contribution in [0.1, 0.15) is 30.9 Å². The Balaban J connectivity index is 2.01. The molecule has 1 aromatic heterocycles. The van der Waals surface area contributed by atoms with Crippen molar-refractivity contribution in [2.75, 3.05) is 26.2 Å². The number of aliphatic hydroxyl groups excluding tert-OH is 1. The Morgan fingerprint density at radius 3 is 2.56 bits per heavy atom. The molecule has 1 saturated heterocycles. The number of halogens is 3. The molecule has 1 aromatic rings. The Bertz CT molecular complexity index is 560. The molecular formula is C16H22F3N3O3. The molecule has 1 aliphatic rings. The van der Waals surface area contributed by atoms with Gasteiger partial charge in [-0.3, -0.25) is 4.79 Å². The lowest BCUT2D eigenvalue weighted by molar-refractivity contribution is -0.154. The molecule has 0 aliphatic carbocycles. The van der Waals surface area contributed by atoms with Crippen molar-refractivity contribution >= 4 is 5.91 Å². The molecule has 1 amide bonds. The van der Waals surface area contributed by atoms with Crippen LogP contribution in [0.2, 0.25) is 0 Å². The number of alkyl halides is 3. The van der Waals surface area contributed by atoms with Gasteiger partial charge in [0.2, 0.25) is 11.8 Å².